The van der Waals surface area contributed by atoms with Gasteiger partial charge in [-0.2, -0.15) is 0 Å². The number of fused-ring (bicyclic) bond motifs is 10. The molecule has 9 aromatic carbocycles. The zero-order valence-corrected chi connectivity index (χ0v) is 32.9. The highest BCUT2D eigenvalue weighted by atomic mass is 16.3. The second-order valence-electron chi connectivity index (χ2n) is 18.4. The molecule has 280 valence electrons. The maximum atomic E-state index is 6.15. The Hall–Kier alpha value is -6.44. The van der Waals surface area contributed by atoms with Gasteiger partial charge in [-0.05, 0) is 168 Å². The van der Waals surface area contributed by atoms with E-state index in [0.717, 1.165) is 33.8 Å². The summed E-state index contributed by atoms with van der Waals surface area (Å²) in [4.78, 5) is 0. The molecule has 4 fully saturated rings. The zero-order valence-electron chi connectivity index (χ0n) is 32.9. The van der Waals surface area contributed by atoms with Gasteiger partial charge in [0.15, 0.2) is 0 Å². The van der Waals surface area contributed by atoms with Crippen molar-refractivity contribution < 1.29 is 4.42 Å². The van der Waals surface area contributed by atoms with Crippen molar-refractivity contribution in [1.82, 2.24) is 0 Å². The van der Waals surface area contributed by atoms with Crippen LogP contribution in [0.2, 0.25) is 0 Å². The van der Waals surface area contributed by atoms with Crippen LogP contribution < -0.4 is 0 Å². The monoisotopic (exact) mass is 754 g/mol. The van der Waals surface area contributed by atoms with Gasteiger partial charge in [-0.3, -0.25) is 0 Å². The summed E-state index contributed by atoms with van der Waals surface area (Å²) in [6.07, 6.45) is 6.99. The van der Waals surface area contributed by atoms with Crippen molar-refractivity contribution in [1.29, 1.82) is 0 Å². The number of hydrogen-bond acceptors (Lipinski definition) is 1. The average molecular weight is 755 g/mol. The van der Waals surface area contributed by atoms with Crippen LogP contribution in [0.4, 0.5) is 0 Å². The van der Waals surface area contributed by atoms with Crippen molar-refractivity contribution in [3.63, 3.8) is 0 Å². The van der Waals surface area contributed by atoms with E-state index in [9.17, 15) is 0 Å². The van der Waals surface area contributed by atoms with Crippen LogP contribution >= 0.6 is 0 Å². The predicted molar refractivity (Wildman–Crippen MR) is 246 cm³/mol. The summed E-state index contributed by atoms with van der Waals surface area (Å²) >= 11 is 0. The third kappa shape index (κ3) is 4.35. The Morgan fingerprint density at radius 2 is 0.898 bits per heavy atom. The van der Waals surface area contributed by atoms with Crippen LogP contribution in [0.1, 0.15) is 43.2 Å². The molecule has 0 radical (unpaired) electrons. The van der Waals surface area contributed by atoms with E-state index in [2.05, 4.69) is 158 Å². The van der Waals surface area contributed by atoms with Crippen LogP contribution in [0.15, 0.2) is 174 Å². The van der Waals surface area contributed by atoms with Gasteiger partial charge in [-0.15, -0.1) is 0 Å². The summed E-state index contributed by atoms with van der Waals surface area (Å²) in [6, 6.07) is 64.3. The van der Waals surface area contributed by atoms with E-state index < -0.39 is 0 Å². The molecule has 5 aliphatic carbocycles. The van der Waals surface area contributed by atoms with E-state index in [0.29, 0.717) is 11.8 Å². The maximum absolute atomic E-state index is 6.15. The van der Waals surface area contributed by atoms with Gasteiger partial charge in [0.25, 0.3) is 0 Å². The van der Waals surface area contributed by atoms with Crippen LogP contribution in [0, 0.1) is 23.7 Å². The first-order valence-electron chi connectivity index (χ1n) is 21.8. The number of hydrogen-bond donors (Lipinski definition) is 0. The normalized spacial score (nSPS) is 22.6. The van der Waals surface area contributed by atoms with Crippen LogP contribution in [-0.4, -0.2) is 0 Å². The minimum Gasteiger partial charge on any atom is -0.456 e. The van der Waals surface area contributed by atoms with Crippen LogP contribution in [0.25, 0.3) is 98.8 Å². The van der Waals surface area contributed by atoms with E-state index in [1.807, 2.05) is 12.1 Å². The first-order valence-corrected chi connectivity index (χ1v) is 21.8. The van der Waals surface area contributed by atoms with Crippen molar-refractivity contribution in [3.8, 4) is 44.5 Å². The van der Waals surface area contributed by atoms with Crippen LogP contribution in [0.5, 0.6) is 0 Å². The van der Waals surface area contributed by atoms with E-state index in [4.69, 9.17) is 4.42 Å². The van der Waals surface area contributed by atoms with Gasteiger partial charge in [0, 0.05) is 16.2 Å². The topological polar surface area (TPSA) is 13.1 Å². The van der Waals surface area contributed by atoms with E-state index >= 15 is 0 Å². The van der Waals surface area contributed by atoms with E-state index in [-0.39, 0.29) is 5.41 Å². The largest absolute Gasteiger partial charge is 0.456 e. The molecule has 1 spiro atoms. The molecule has 1 aromatic heterocycles. The Kier molecular flexibility index (Phi) is 6.52. The Bertz CT molecular complexity index is 3310. The van der Waals surface area contributed by atoms with Gasteiger partial charge in [-0.25, -0.2) is 0 Å². The minimum atomic E-state index is 0.0808. The number of para-hydroxylation sites is 1. The fourth-order valence-electron chi connectivity index (χ4n) is 13.6. The highest BCUT2D eigenvalue weighted by molar-refractivity contribution is 6.21. The number of benzene rings is 9. The molecule has 59 heavy (non-hydrogen) atoms. The molecule has 10 aromatic rings. The highest BCUT2D eigenvalue weighted by Crippen LogP contribution is 2.70. The molecule has 5 aliphatic rings. The van der Waals surface area contributed by atoms with Crippen molar-refractivity contribution in [3.05, 3.63) is 181 Å². The minimum absolute atomic E-state index is 0.0808. The van der Waals surface area contributed by atoms with Gasteiger partial charge >= 0.3 is 0 Å². The van der Waals surface area contributed by atoms with Crippen molar-refractivity contribution in [2.24, 2.45) is 23.7 Å². The lowest BCUT2D eigenvalue weighted by Crippen LogP contribution is -2.55. The summed E-state index contributed by atoms with van der Waals surface area (Å²) in [5.74, 6) is 3.23. The Labute approximate surface area is 343 Å². The lowest BCUT2D eigenvalue weighted by atomic mass is 9.43. The second kappa shape index (κ2) is 11.8. The average Bonchev–Trinajstić information content (AvgIpc) is 3.80. The standard InChI is InChI=1S/C58H42O/c1-2-10-43-37(9-1)21-25-50-44-24-22-40(33-52(44)58(57(43)50)41-28-34-27-35(30-41)31-42(58)29-34)56-48-14-5-3-12-46(48)55(47-13-4-6-15-49(47)56)38-19-17-36(18-20-38)39-23-26-54-51(32-39)45-11-7-8-16-53(45)59-54/h1-26,32-35,41-42H,27-31H2. The summed E-state index contributed by atoms with van der Waals surface area (Å²) in [5, 5.41) is 10.4. The predicted octanol–water partition coefficient (Wildman–Crippen LogP) is 15.8. The van der Waals surface area contributed by atoms with Gasteiger partial charge in [0.2, 0.25) is 0 Å². The van der Waals surface area contributed by atoms with Crippen molar-refractivity contribution in [2.75, 3.05) is 0 Å². The maximum Gasteiger partial charge on any atom is 0.135 e. The second-order valence-corrected chi connectivity index (χ2v) is 18.4. The lowest BCUT2D eigenvalue weighted by Gasteiger charge is -2.61. The molecular weight excluding hydrogens is 713 g/mol. The molecule has 0 N–H and O–H groups in total. The molecule has 0 saturated heterocycles. The Balaban J connectivity index is 0.952. The molecule has 0 amide bonds. The van der Waals surface area contributed by atoms with Gasteiger partial charge in [0.05, 0.1) is 0 Å². The summed E-state index contributed by atoms with van der Waals surface area (Å²) in [6.45, 7) is 0. The van der Waals surface area contributed by atoms with Crippen LogP contribution in [-0.2, 0) is 5.41 Å². The molecule has 15 rings (SSSR count). The molecule has 0 unspecified atom stereocenters. The van der Waals surface area contributed by atoms with Gasteiger partial charge in [-0.1, -0.05) is 146 Å². The molecule has 1 nitrogen and oxygen atoms in total. The quantitative estimate of drug-likeness (QED) is 0.164. The van der Waals surface area contributed by atoms with E-state index in [1.165, 1.54) is 109 Å². The van der Waals surface area contributed by atoms with Gasteiger partial charge < -0.3 is 4.42 Å². The smallest absolute Gasteiger partial charge is 0.135 e. The van der Waals surface area contributed by atoms with Gasteiger partial charge in [0.1, 0.15) is 11.2 Å². The Morgan fingerprint density at radius 3 is 1.59 bits per heavy atom. The Morgan fingerprint density at radius 1 is 0.373 bits per heavy atom. The first-order chi connectivity index (χ1) is 29.2. The zero-order chi connectivity index (χ0) is 38.4. The molecule has 0 aliphatic heterocycles. The molecule has 4 saturated carbocycles. The third-order valence-corrected chi connectivity index (χ3v) is 15.6. The van der Waals surface area contributed by atoms with Crippen LogP contribution in [0.3, 0.4) is 0 Å². The summed E-state index contributed by atoms with van der Waals surface area (Å²) in [5.41, 5.74) is 15.8. The molecule has 1 heteroatoms. The fraction of sp³-hybridized carbons (Fsp3) is 0.172. The number of furan rings is 1. The van der Waals surface area contributed by atoms with Crippen molar-refractivity contribution >= 4 is 54.3 Å². The highest BCUT2D eigenvalue weighted by Gasteiger charge is 2.62. The SMILES string of the molecule is c1ccc2c3c(ccc2c1)-c1ccc(-c2c4ccccc4c(-c4ccc(-c5ccc6oc7ccccc7c6c5)cc4)c4ccccc24)cc1C31C2CC3CC(C2)CC1C3. The molecule has 0 atom stereocenters. The van der Waals surface area contributed by atoms with E-state index in [1.54, 1.807) is 11.1 Å². The molecule has 4 bridgehead atoms. The van der Waals surface area contributed by atoms with Crippen molar-refractivity contribution in [2.45, 2.75) is 37.5 Å². The lowest BCUT2D eigenvalue weighted by molar-refractivity contribution is -0.0393. The fourth-order valence-corrected chi connectivity index (χ4v) is 13.6. The first kappa shape index (κ1) is 32.5. The summed E-state index contributed by atoms with van der Waals surface area (Å²) < 4.78 is 6.15. The third-order valence-electron chi connectivity index (χ3n) is 15.6. The molecular formula is C58H42O. The number of rotatable bonds is 3. The summed E-state index contributed by atoms with van der Waals surface area (Å²) in [7, 11) is 0. The molecule has 1 heterocycles.